The van der Waals surface area contributed by atoms with Crippen LogP contribution in [-0.2, 0) is 4.79 Å². The fraction of sp³-hybridized carbons (Fsp3) is 0. The third kappa shape index (κ3) is 0.990. The molecule has 1 aromatic rings. The van der Waals surface area contributed by atoms with Gasteiger partial charge in [-0.05, 0) is 6.07 Å². The lowest BCUT2D eigenvalue weighted by Crippen LogP contribution is -2.23. The molecule has 5 nitrogen and oxygen atoms in total. The summed E-state index contributed by atoms with van der Waals surface area (Å²) in [6.07, 6.45) is 0. The van der Waals surface area contributed by atoms with Gasteiger partial charge in [-0.2, -0.15) is 0 Å². The van der Waals surface area contributed by atoms with Gasteiger partial charge in [0.1, 0.15) is 0 Å². The fourth-order valence-electron chi connectivity index (χ4n) is 1.34. The third-order valence-electron chi connectivity index (χ3n) is 1.97. The molecule has 0 aliphatic carbocycles. The first kappa shape index (κ1) is 8.43. The third-order valence-corrected chi connectivity index (χ3v) is 1.97. The summed E-state index contributed by atoms with van der Waals surface area (Å²) in [5.74, 6) is -2.95. The molecule has 0 radical (unpaired) electrons. The highest BCUT2D eigenvalue weighted by atomic mass is 16.4. The van der Waals surface area contributed by atoms with Gasteiger partial charge in [-0.25, -0.2) is 0 Å². The van der Waals surface area contributed by atoms with Gasteiger partial charge in [-0.1, -0.05) is 12.1 Å². The van der Waals surface area contributed by atoms with E-state index in [-0.39, 0.29) is 16.8 Å². The summed E-state index contributed by atoms with van der Waals surface area (Å²) < 4.78 is 0. The number of carboxylic acid groups (broad SMARTS) is 1. The Morgan fingerprint density at radius 1 is 1.29 bits per heavy atom. The van der Waals surface area contributed by atoms with Crippen molar-refractivity contribution in [2.24, 2.45) is 0 Å². The molecule has 1 aromatic carbocycles. The summed E-state index contributed by atoms with van der Waals surface area (Å²) in [4.78, 5) is 32.7. The normalized spacial score (nSPS) is 13.7. The lowest BCUT2D eigenvalue weighted by molar-refractivity contribution is -0.254. The second kappa shape index (κ2) is 2.66. The number of hydrogen-bond donors (Lipinski definition) is 1. The van der Waals surface area contributed by atoms with Gasteiger partial charge in [0.25, 0.3) is 11.7 Å². The number of benzene rings is 1. The van der Waals surface area contributed by atoms with Crippen molar-refractivity contribution in [3.05, 3.63) is 29.3 Å². The van der Waals surface area contributed by atoms with E-state index in [0.29, 0.717) is 0 Å². The van der Waals surface area contributed by atoms with Crippen LogP contribution < -0.4 is 10.4 Å². The molecule has 0 saturated heterocycles. The maximum Gasteiger partial charge on any atom is 0.296 e. The van der Waals surface area contributed by atoms with Crippen LogP contribution in [0, 0.1) is 0 Å². The number of ketones is 1. The molecule has 14 heavy (non-hydrogen) atoms. The Balaban J connectivity index is 2.67. The number of para-hydroxylation sites is 1. The standard InChI is InChI=1S/C9H5NO4/c11-7-4-2-1-3-5(9(13)14)6(4)10-8(7)12/h1-3H,(H,13,14)(H,10,11,12)/p-1. The number of amides is 1. The molecule has 1 aliphatic rings. The van der Waals surface area contributed by atoms with E-state index in [2.05, 4.69) is 5.32 Å². The summed E-state index contributed by atoms with van der Waals surface area (Å²) in [6, 6.07) is 4.05. The van der Waals surface area contributed by atoms with Gasteiger partial charge in [0.05, 0.1) is 17.2 Å². The van der Waals surface area contributed by atoms with Gasteiger partial charge in [-0.3, -0.25) is 9.59 Å². The highest BCUT2D eigenvalue weighted by Gasteiger charge is 2.29. The molecular formula is C9H4NO4-. The number of carboxylic acids is 1. The van der Waals surface area contributed by atoms with Crippen LogP contribution >= 0.6 is 0 Å². The van der Waals surface area contributed by atoms with Gasteiger partial charge >= 0.3 is 0 Å². The number of hydrogen-bond acceptors (Lipinski definition) is 4. The Bertz CT molecular complexity index is 464. The van der Waals surface area contributed by atoms with Crippen molar-refractivity contribution in [2.45, 2.75) is 0 Å². The van der Waals surface area contributed by atoms with Crippen LogP contribution in [0.5, 0.6) is 0 Å². The second-order valence-electron chi connectivity index (χ2n) is 2.80. The van der Waals surface area contributed by atoms with Crippen molar-refractivity contribution in [2.75, 3.05) is 5.32 Å². The first-order valence-electron chi connectivity index (χ1n) is 3.81. The van der Waals surface area contributed by atoms with E-state index in [1.165, 1.54) is 18.2 Å². The topological polar surface area (TPSA) is 86.3 Å². The van der Waals surface area contributed by atoms with Crippen molar-refractivity contribution in [3.8, 4) is 0 Å². The van der Waals surface area contributed by atoms with Crippen LogP contribution in [0.2, 0.25) is 0 Å². The van der Waals surface area contributed by atoms with E-state index in [9.17, 15) is 19.5 Å². The number of Topliss-reactive ketones (excluding diaryl/α,β-unsaturated/α-hetero) is 1. The predicted molar refractivity (Wildman–Crippen MR) is 43.7 cm³/mol. The average molecular weight is 190 g/mol. The second-order valence-corrected chi connectivity index (χ2v) is 2.80. The van der Waals surface area contributed by atoms with E-state index in [1.54, 1.807) is 0 Å². The van der Waals surface area contributed by atoms with E-state index in [4.69, 9.17) is 0 Å². The Kier molecular flexibility index (Phi) is 1.60. The van der Waals surface area contributed by atoms with Crippen LogP contribution in [0.15, 0.2) is 18.2 Å². The summed E-state index contributed by atoms with van der Waals surface area (Å²) in [7, 11) is 0. The molecule has 0 atom stereocenters. The zero-order chi connectivity index (χ0) is 10.3. The number of fused-ring (bicyclic) bond motifs is 1. The quantitative estimate of drug-likeness (QED) is 0.586. The summed E-state index contributed by atoms with van der Waals surface area (Å²) in [5, 5.41) is 12.8. The van der Waals surface area contributed by atoms with Crippen molar-refractivity contribution in [1.29, 1.82) is 0 Å². The first-order valence-corrected chi connectivity index (χ1v) is 3.81. The van der Waals surface area contributed by atoms with E-state index >= 15 is 0 Å². The van der Waals surface area contributed by atoms with Crippen molar-refractivity contribution in [3.63, 3.8) is 0 Å². The van der Waals surface area contributed by atoms with Crippen LogP contribution in [0.25, 0.3) is 0 Å². The molecule has 1 aliphatic heterocycles. The van der Waals surface area contributed by atoms with E-state index in [1.807, 2.05) is 0 Å². The maximum atomic E-state index is 11.1. The molecule has 0 saturated carbocycles. The number of aromatic carboxylic acids is 1. The monoisotopic (exact) mass is 190 g/mol. The number of carbonyl (C=O) groups is 3. The number of carbonyl (C=O) groups excluding carboxylic acids is 3. The Hall–Kier alpha value is -2.17. The smallest absolute Gasteiger partial charge is 0.296 e. The Morgan fingerprint density at radius 3 is 2.64 bits per heavy atom. The Labute approximate surface area is 78.3 Å². The van der Waals surface area contributed by atoms with Gasteiger partial charge < -0.3 is 15.2 Å². The molecule has 0 spiro atoms. The van der Waals surface area contributed by atoms with Crippen LogP contribution in [-0.4, -0.2) is 17.7 Å². The highest BCUT2D eigenvalue weighted by molar-refractivity contribution is 6.52. The van der Waals surface area contributed by atoms with Crippen LogP contribution in [0.3, 0.4) is 0 Å². The highest BCUT2D eigenvalue weighted by Crippen LogP contribution is 2.26. The van der Waals surface area contributed by atoms with Gasteiger partial charge in [-0.15, -0.1) is 0 Å². The number of rotatable bonds is 1. The summed E-state index contributed by atoms with van der Waals surface area (Å²) >= 11 is 0. The average Bonchev–Trinajstić information content (AvgIpc) is 2.43. The SMILES string of the molecule is O=C1Nc2c(C(=O)[O-])cccc2C1=O. The molecule has 2 rings (SSSR count). The summed E-state index contributed by atoms with van der Waals surface area (Å²) in [5.41, 5.74) is -0.0686. The predicted octanol–water partition coefficient (Wildman–Crippen LogP) is -0.815. The summed E-state index contributed by atoms with van der Waals surface area (Å²) in [6.45, 7) is 0. The fourth-order valence-corrected chi connectivity index (χ4v) is 1.34. The van der Waals surface area contributed by atoms with Gasteiger partial charge in [0.2, 0.25) is 0 Å². The van der Waals surface area contributed by atoms with E-state index < -0.39 is 17.7 Å². The lowest BCUT2D eigenvalue weighted by Gasteiger charge is -2.06. The largest absolute Gasteiger partial charge is 0.545 e. The van der Waals surface area contributed by atoms with Crippen molar-refractivity contribution >= 4 is 23.3 Å². The van der Waals surface area contributed by atoms with Crippen molar-refractivity contribution < 1.29 is 19.5 Å². The van der Waals surface area contributed by atoms with Gasteiger partial charge in [0, 0.05) is 5.56 Å². The van der Waals surface area contributed by atoms with Crippen LogP contribution in [0.4, 0.5) is 5.69 Å². The lowest BCUT2D eigenvalue weighted by atomic mass is 10.1. The van der Waals surface area contributed by atoms with Gasteiger partial charge in [0.15, 0.2) is 0 Å². The van der Waals surface area contributed by atoms with Crippen LogP contribution in [0.1, 0.15) is 20.7 Å². The molecule has 0 fully saturated rings. The molecule has 70 valence electrons. The minimum atomic E-state index is -1.42. The Morgan fingerprint density at radius 2 is 2.00 bits per heavy atom. The molecule has 0 unspecified atom stereocenters. The molecule has 1 amide bonds. The molecule has 0 aromatic heterocycles. The maximum absolute atomic E-state index is 11.1. The molecule has 5 heteroatoms. The number of anilines is 1. The zero-order valence-electron chi connectivity index (χ0n) is 6.87. The number of nitrogens with one attached hydrogen (secondary N) is 1. The molecule has 0 bridgehead atoms. The zero-order valence-corrected chi connectivity index (χ0v) is 6.87. The molecular weight excluding hydrogens is 186 g/mol. The minimum absolute atomic E-state index is 0.0301. The van der Waals surface area contributed by atoms with E-state index in [0.717, 1.165) is 0 Å². The first-order chi connectivity index (χ1) is 6.61. The molecule has 1 heterocycles. The minimum Gasteiger partial charge on any atom is -0.545 e. The van der Waals surface area contributed by atoms with Crippen molar-refractivity contribution in [1.82, 2.24) is 0 Å². The molecule has 1 N–H and O–H groups in total.